The average molecular weight is 292 g/mol. The van der Waals surface area contributed by atoms with Crippen molar-refractivity contribution in [3.63, 3.8) is 0 Å². The lowest BCUT2D eigenvalue weighted by molar-refractivity contribution is 0.597. The van der Waals surface area contributed by atoms with Gasteiger partial charge in [0.05, 0.1) is 0 Å². The van der Waals surface area contributed by atoms with Crippen molar-refractivity contribution in [3.05, 3.63) is 48.2 Å². The second kappa shape index (κ2) is 5.58. The molecular weight excluding hydrogens is 276 g/mol. The Morgan fingerprint density at radius 3 is 2.45 bits per heavy atom. The first-order valence-corrected chi connectivity index (χ1v) is 7.53. The minimum absolute atomic E-state index is 0.0245. The van der Waals surface area contributed by atoms with Gasteiger partial charge in [0, 0.05) is 17.9 Å². The van der Waals surface area contributed by atoms with Gasteiger partial charge in [-0.25, -0.2) is 18.5 Å². The van der Waals surface area contributed by atoms with Crippen molar-refractivity contribution in [2.45, 2.75) is 17.9 Å². The summed E-state index contributed by atoms with van der Waals surface area (Å²) in [5, 5.41) is 8.12. The maximum Gasteiger partial charge on any atom is 0.239 e. The lowest BCUT2D eigenvalue weighted by Gasteiger charge is -2.14. The zero-order chi connectivity index (χ0) is 14.8. The molecule has 6 nitrogen and oxygen atoms in total. The number of benzene rings is 1. The number of rotatable bonds is 4. The number of pyridine rings is 1. The Balaban J connectivity index is 2.27. The summed E-state index contributed by atoms with van der Waals surface area (Å²) >= 11 is 0. The predicted octanol–water partition coefficient (Wildman–Crippen LogP) is 1.49. The summed E-state index contributed by atoms with van der Waals surface area (Å²) < 4.78 is 22.3. The second-order valence-corrected chi connectivity index (χ2v) is 5.99. The van der Waals surface area contributed by atoms with Crippen LogP contribution in [0.5, 0.6) is 0 Å². The van der Waals surface area contributed by atoms with Crippen molar-refractivity contribution >= 4 is 21.5 Å². The van der Waals surface area contributed by atoms with E-state index >= 15 is 0 Å². The molecule has 0 aliphatic carbocycles. The number of aromatic nitrogens is 1. The number of hydrogen-bond donors (Lipinski definition) is 3. The van der Waals surface area contributed by atoms with Gasteiger partial charge in [-0.3, -0.25) is 0 Å². The van der Waals surface area contributed by atoms with Crippen LogP contribution in [0.4, 0.5) is 11.5 Å². The van der Waals surface area contributed by atoms with Crippen LogP contribution in [0.1, 0.15) is 18.5 Å². The maximum absolute atomic E-state index is 11.1. The molecule has 2 aromatic rings. The molecule has 1 aromatic heterocycles. The average Bonchev–Trinajstić information content (AvgIpc) is 2.38. The lowest BCUT2D eigenvalue weighted by atomic mass is 10.1. The molecule has 106 valence electrons. The molecule has 0 spiro atoms. The van der Waals surface area contributed by atoms with Crippen molar-refractivity contribution < 1.29 is 8.42 Å². The molecular formula is C13H16N4O2S. The van der Waals surface area contributed by atoms with Crippen LogP contribution in [-0.4, -0.2) is 13.4 Å². The van der Waals surface area contributed by atoms with Crippen LogP contribution in [0.25, 0.3) is 0 Å². The number of primary sulfonamides is 1. The Bertz CT molecular complexity index is 697. The van der Waals surface area contributed by atoms with Crippen molar-refractivity contribution in [2.75, 3.05) is 5.32 Å². The van der Waals surface area contributed by atoms with E-state index in [2.05, 4.69) is 10.3 Å². The van der Waals surface area contributed by atoms with E-state index in [9.17, 15) is 8.42 Å². The largest absolute Gasteiger partial charge is 0.340 e. The molecule has 0 aliphatic heterocycles. The number of nitrogens with one attached hydrogen (secondary N) is 1. The molecule has 0 aliphatic rings. The molecule has 2 rings (SSSR count). The number of nitrogens with two attached hydrogens (primary N) is 2. The molecule has 0 saturated heterocycles. The highest BCUT2D eigenvalue weighted by atomic mass is 32.2. The van der Waals surface area contributed by atoms with Crippen LogP contribution in [-0.2, 0) is 10.0 Å². The first-order valence-electron chi connectivity index (χ1n) is 5.98. The number of hydrogen-bond acceptors (Lipinski definition) is 5. The lowest BCUT2D eigenvalue weighted by Crippen LogP contribution is -2.12. The molecule has 0 fully saturated rings. The van der Waals surface area contributed by atoms with Gasteiger partial charge in [0.1, 0.15) is 10.7 Å². The third-order valence-electron chi connectivity index (χ3n) is 2.78. The summed E-state index contributed by atoms with van der Waals surface area (Å²) in [7, 11) is -3.72. The van der Waals surface area contributed by atoms with Crippen LogP contribution in [0.3, 0.4) is 0 Å². The summed E-state index contributed by atoms with van der Waals surface area (Å²) in [4.78, 5) is 4.01. The smallest absolute Gasteiger partial charge is 0.239 e. The first-order chi connectivity index (χ1) is 9.38. The standard InChI is InChI=1S/C13H16N4O2S/c1-9(14)11-4-2-3-5-12(11)17-13-7-6-10(8-16-13)20(15,18)19/h2-9H,14H2,1H3,(H,16,17)(H2,15,18,19). The summed E-state index contributed by atoms with van der Waals surface area (Å²) in [5.74, 6) is 0.519. The third-order valence-corrected chi connectivity index (χ3v) is 3.68. The Morgan fingerprint density at radius 2 is 1.90 bits per heavy atom. The second-order valence-electron chi connectivity index (χ2n) is 4.43. The number of para-hydroxylation sites is 1. The van der Waals surface area contributed by atoms with E-state index in [4.69, 9.17) is 10.9 Å². The van der Waals surface area contributed by atoms with Crippen LogP contribution in [0.2, 0.25) is 0 Å². The van der Waals surface area contributed by atoms with Crippen LogP contribution < -0.4 is 16.2 Å². The highest BCUT2D eigenvalue weighted by Gasteiger charge is 2.09. The van der Waals surface area contributed by atoms with E-state index in [0.29, 0.717) is 5.82 Å². The molecule has 1 unspecified atom stereocenters. The first kappa shape index (κ1) is 14.4. The third kappa shape index (κ3) is 3.32. The molecule has 0 amide bonds. The Hall–Kier alpha value is -1.96. The fraction of sp³-hybridized carbons (Fsp3) is 0.154. The molecule has 5 N–H and O–H groups in total. The van der Waals surface area contributed by atoms with E-state index in [1.807, 2.05) is 31.2 Å². The van der Waals surface area contributed by atoms with Gasteiger partial charge in [-0.2, -0.15) is 0 Å². The van der Waals surface area contributed by atoms with Gasteiger partial charge in [0.25, 0.3) is 0 Å². The summed E-state index contributed by atoms with van der Waals surface area (Å²) in [6, 6.07) is 10.4. The molecule has 7 heteroatoms. The monoisotopic (exact) mass is 292 g/mol. The summed E-state index contributed by atoms with van der Waals surface area (Å²) in [6.07, 6.45) is 1.21. The molecule has 20 heavy (non-hydrogen) atoms. The molecule has 1 heterocycles. The molecule has 0 bridgehead atoms. The normalized spacial score (nSPS) is 12.9. The fourth-order valence-electron chi connectivity index (χ4n) is 1.77. The Kier molecular flexibility index (Phi) is 4.03. The van der Waals surface area contributed by atoms with Crippen LogP contribution in [0, 0.1) is 0 Å². The van der Waals surface area contributed by atoms with E-state index in [0.717, 1.165) is 11.3 Å². The van der Waals surface area contributed by atoms with Crippen molar-refractivity contribution in [2.24, 2.45) is 10.9 Å². The fourth-order valence-corrected chi connectivity index (χ4v) is 2.23. The van der Waals surface area contributed by atoms with Gasteiger partial charge < -0.3 is 11.1 Å². The molecule has 0 saturated carbocycles. The zero-order valence-electron chi connectivity index (χ0n) is 10.9. The summed E-state index contributed by atoms with van der Waals surface area (Å²) in [6.45, 7) is 1.89. The van der Waals surface area contributed by atoms with Crippen molar-refractivity contribution in [3.8, 4) is 0 Å². The minimum Gasteiger partial charge on any atom is -0.340 e. The van der Waals surface area contributed by atoms with Gasteiger partial charge in [0.2, 0.25) is 10.0 Å². The highest BCUT2D eigenvalue weighted by molar-refractivity contribution is 7.89. The van der Waals surface area contributed by atoms with Gasteiger partial charge >= 0.3 is 0 Å². The quantitative estimate of drug-likeness (QED) is 0.790. The van der Waals surface area contributed by atoms with E-state index in [-0.39, 0.29) is 10.9 Å². The molecule has 1 aromatic carbocycles. The number of sulfonamides is 1. The topological polar surface area (TPSA) is 111 Å². The van der Waals surface area contributed by atoms with E-state index < -0.39 is 10.0 Å². The molecule has 1 atom stereocenters. The van der Waals surface area contributed by atoms with E-state index in [1.165, 1.54) is 12.3 Å². The minimum atomic E-state index is -3.72. The SMILES string of the molecule is CC(N)c1ccccc1Nc1ccc(S(N)(=O)=O)cn1. The van der Waals surface area contributed by atoms with E-state index in [1.54, 1.807) is 6.07 Å². The molecule has 0 radical (unpaired) electrons. The Labute approximate surface area is 117 Å². The number of nitrogens with zero attached hydrogens (tertiary/aromatic N) is 1. The van der Waals surface area contributed by atoms with Gasteiger partial charge in [-0.1, -0.05) is 18.2 Å². The Morgan fingerprint density at radius 1 is 1.20 bits per heavy atom. The maximum atomic E-state index is 11.1. The highest BCUT2D eigenvalue weighted by Crippen LogP contribution is 2.24. The summed E-state index contributed by atoms with van der Waals surface area (Å²) in [5.41, 5.74) is 7.67. The van der Waals surface area contributed by atoms with Crippen molar-refractivity contribution in [1.82, 2.24) is 4.98 Å². The van der Waals surface area contributed by atoms with Gasteiger partial charge in [-0.15, -0.1) is 0 Å². The number of anilines is 2. The van der Waals surface area contributed by atoms with Crippen molar-refractivity contribution in [1.29, 1.82) is 0 Å². The van der Waals surface area contributed by atoms with Gasteiger partial charge in [-0.05, 0) is 30.7 Å². The van der Waals surface area contributed by atoms with Crippen LogP contribution in [0.15, 0.2) is 47.5 Å². The van der Waals surface area contributed by atoms with Gasteiger partial charge in [0.15, 0.2) is 0 Å². The predicted molar refractivity (Wildman–Crippen MR) is 77.9 cm³/mol. The van der Waals surface area contributed by atoms with Crippen LogP contribution >= 0.6 is 0 Å². The zero-order valence-corrected chi connectivity index (χ0v) is 11.8.